The number of piperazine rings is 1. The minimum absolute atomic E-state index is 0.0394. The molecule has 3 rings (SSSR count). The molecular weight excluding hydrogens is 258 g/mol. The monoisotopic (exact) mass is 281 g/mol. The van der Waals surface area contributed by atoms with E-state index in [-0.39, 0.29) is 12.6 Å². The zero-order chi connectivity index (χ0) is 14.1. The van der Waals surface area contributed by atoms with E-state index in [0.29, 0.717) is 38.1 Å². The number of rotatable bonds is 3. The first kappa shape index (κ1) is 13.7. The highest BCUT2D eigenvalue weighted by molar-refractivity contribution is 5.75. The van der Waals surface area contributed by atoms with Crippen molar-refractivity contribution in [1.82, 2.24) is 15.1 Å². The van der Waals surface area contributed by atoms with Crippen molar-refractivity contribution >= 4 is 12.0 Å². The number of hydrogen-bond acceptors (Lipinski definition) is 3. The second-order valence-electron chi connectivity index (χ2n) is 6.39. The number of carbonyl (C=O) groups is 2. The van der Waals surface area contributed by atoms with Crippen molar-refractivity contribution in [2.75, 3.05) is 32.7 Å². The first-order valence-corrected chi connectivity index (χ1v) is 7.61. The number of fused-ring (bicyclic) bond motifs is 2. The predicted molar refractivity (Wildman–Crippen MR) is 73.4 cm³/mol. The molecule has 0 radical (unpaired) electrons. The third kappa shape index (κ3) is 2.90. The zero-order valence-corrected chi connectivity index (χ0v) is 11.8. The molecule has 0 aromatic heterocycles. The SMILES string of the molecule is O=C(O)CN1CCN(C(=O)NC2CC3CCC2C3)CC1. The standard InChI is InChI=1S/C14H23N3O3/c18-13(19)9-16-3-5-17(6-4-16)14(20)15-12-8-10-1-2-11(12)7-10/h10-12H,1-9H2,(H,15,20)(H,18,19). The average molecular weight is 281 g/mol. The topological polar surface area (TPSA) is 72.9 Å². The Hall–Kier alpha value is -1.30. The summed E-state index contributed by atoms with van der Waals surface area (Å²) in [5, 5.41) is 11.9. The van der Waals surface area contributed by atoms with E-state index in [1.807, 2.05) is 9.80 Å². The summed E-state index contributed by atoms with van der Waals surface area (Å²) in [6, 6.07) is 0.413. The van der Waals surface area contributed by atoms with Crippen LogP contribution in [-0.2, 0) is 4.79 Å². The van der Waals surface area contributed by atoms with E-state index in [1.165, 1.54) is 19.3 Å². The molecule has 2 saturated carbocycles. The van der Waals surface area contributed by atoms with Gasteiger partial charge < -0.3 is 15.3 Å². The molecule has 6 heteroatoms. The second-order valence-corrected chi connectivity index (χ2v) is 6.39. The van der Waals surface area contributed by atoms with Gasteiger partial charge in [0.25, 0.3) is 0 Å². The predicted octanol–water partition coefficient (Wildman–Crippen LogP) is 0.587. The highest BCUT2D eigenvalue weighted by atomic mass is 16.4. The quantitative estimate of drug-likeness (QED) is 0.794. The van der Waals surface area contributed by atoms with Crippen LogP contribution in [0.2, 0.25) is 0 Å². The van der Waals surface area contributed by atoms with Crippen LogP contribution in [0.5, 0.6) is 0 Å². The van der Waals surface area contributed by atoms with E-state index in [4.69, 9.17) is 5.11 Å². The lowest BCUT2D eigenvalue weighted by molar-refractivity contribution is -0.138. The molecule has 0 aromatic rings. The molecular formula is C14H23N3O3. The van der Waals surface area contributed by atoms with Gasteiger partial charge in [-0.3, -0.25) is 9.69 Å². The fourth-order valence-electron chi connectivity index (χ4n) is 3.97. The summed E-state index contributed by atoms with van der Waals surface area (Å²) < 4.78 is 0. The lowest BCUT2D eigenvalue weighted by Gasteiger charge is -2.35. The fourth-order valence-corrected chi connectivity index (χ4v) is 3.97. The minimum Gasteiger partial charge on any atom is -0.480 e. The van der Waals surface area contributed by atoms with Gasteiger partial charge in [0.05, 0.1) is 6.54 Å². The molecule has 1 aliphatic heterocycles. The van der Waals surface area contributed by atoms with Crippen molar-refractivity contribution in [3.05, 3.63) is 0 Å². The molecule has 2 amide bonds. The van der Waals surface area contributed by atoms with E-state index in [1.54, 1.807) is 0 Å². The van der Waals surface area contributed by atoms with Crippen LogP contribution < -0.4 is 5.32 Å². The van der Waals surface area contributed by atoms with Crippen LogP contribution >= 0.6 is 0 Å². The lowest BCUT2D eigenvalue weighted by atomic mass is 9.95. The fraction of sp³-hybridized carbons (Fsp3) is 0.857. The number of amides is 2. The third-order valence-corrected chi connectivity index (χ3v) is 5.07. The summed E-state index contributed by atoms with van der Waals surface area (Å²) in [5.41, 5.74) is 0. The molecule has 6 nitrogen and oxygen atoms in total. The molecule has 20 heavy (non-hydrogen) atoms. The van der Waals surface area contributed by atoms with Crippen LogP contribution in [0.25, 0.3) is 0 Å². The van der Waals surface area contributed by atoms with Crippen LogP contribution in [0, 0.1) is 11.8 Å². The van der Waals surface area contributed by atoms with Crippen molar-refractivity contribution in [2.45, 2.75) is 31.7 Å². The number of carbonyl (C=O) groups excluding carboxylic acids is 1. The number of nitrogens with one attached hydrogen (secondary N) is 1. The van der Waals surface area contributed by atoms with E-state index >= 15 is 0 Å². The van der Waals surface area contributed by atoms with Gasteiger partial charge in [0, 0.05) is 32.2 Å². The van der Waals surface area contributed by atoms with E-state index in [9.17, 15) is 9.59 Å². The van der Waals surface area contributed by atoms with Gasteiger partial charge in [-0.1, -0.05) is 6.42 Å². The molecule has 0 aromatic carbocycles. The van der Waals surface area contributed by atoms with Crippen LogP contribution in [0.3, 0.4) is 0 Å². The van der Waals surface area contributed by atoms with E-state index in [0.717, 1.165) is 12.3 Å². The Morgan fingerprint density at radius 3 is 2.40 bits per heavy atom. The molecule has 0 spiro atoms. The maximum absolute atomic E-state index is 12.2. The van der Waals surface area contributed by atoms with E-state index in [2.05, 4.69) is 5.32 Å². The number of carboxylic acid groups (broad SMARTS) is 1. The number of aliphatic carboxylic acids is 1. The van der Waals surface area contributed by atoms with Crippen LogP contribution in [0.4, 0.5) is 4.79 Å². The van der Waals surface area contributed by atoms with Gasteiger partial charge >= 0.3 is 12.0 Å². The molecule has 1 heterocycles. The molecule has 3 unspecified atom stereocenters. The first-order chi connectivity index (χ1) is 9.61. The summed E-state index contributed by atoms with van der Waals surface area (Å²) in [5.74, 6) is 0.722. The lowest BCUT2D eigenvalue weighted by Crippen LogP contribution is -2.54. The molecule has 3 atom stereocenters. The zero-order valence-electron chi connectivity index (χ0n) is 11.8. The Morgan fingerprint density at radius 1 is 1.10 bits per heavy atom. The Morgan fingerprint density at radius 2 is 1.85 bits per heavy atom. The van der Waals surface area contributed by atoms with Crippen molar-refractivity contribution in [3.63, 3.8) is 0 Å². The van der Waals surface area contributed by atoms with Gasteiger partial charge in [0.1, 0.15) is 0 Å². The minimum atomic E-state index is -0.801. The van der Waals surface area contributed by atoms with Gasteiger partial charge in [-0.05, 0) is 31.1 Å². The highest BCUT2D eigenvalue weighted by Gasteiger charge is 2.40. The summed E-state index contributed by atoms with van der Waals surface area (Å²) in [4.78, 5) is 26.6. The average Bonchev–Trinajstić information content (AvgIpc) is 3.01. The van der Waals surface area contributed by atoms with Crippen LogP contribution in [-0.4, -0.2) is 65.7 Å². The van der Waals surface area contributed by atoms with Crippen molar-refractivity contribution in [2.24, 2.45) is 11.8 Å². The number of urea groups is 1. The maximum atomic E-state index is 12.2. The summed E-state index contributed by atoms with van der Waals surface area (Å²) in [6.07, 6.45) is 5.04. The Balaban J connectivity index is 1.44. The van der Waals surface area contributed by atoms with Gasteiger partial charge in [-0.15, -0.1) is 0 Å². The Labute approximate surface area is 119 Å². The van der Waals surface area contributed by atoms with E-state index < -0.39 is 5.97 Å². The third-order valence-electron chi connectivity index (χ3n) is 5.07. The Kier molecular flexibility index (Phi) is 3.83. The highest BCUT2D eigenvalue weighted by Crippen LogP contribution is 2.44. The first-order valence-electron chi connectivity index (χ1n) is 7.61. The molecule has 3 fully saturated rings. The molecule has 2 bridgehead atoms. The van der Waals surface area contributed by atoms with Crippen molar-refractivity contribution in [3.8, 4) is 0 Å². The normalized spacial score (nSPS) is 33.4. The Bertz CT molecular complexity index is 393. The molecule has 1 saturated heterocycles. The smallest absolute Gasteiger partial charge is 0.317 e. The summed E-state index contributed by atoms with van der Waals surface area (Å²) in [6.45, 7) is 2.62. The maximum Gasteiger partial charge on any atom is 0.317 e. The summed E-state index contributed by atoms with van der Waals surface area (Å²) >= 11 is 0. The van der Waals surface area contributed by atoms with Crippen LogP contribution in [0.15, 0.2) is 0 Å². The molecule has 112 valence electrons. The number of hydrogen-bond donors (Lipinski definition) is 2. The van der Waals surface area contributed by atoms with Gasteiger partial charge in [0.15, 0.2) is 0 Å². The van der Waals surface area contributed by atoms with Gasteiger partial charge in [-0.25, -0.2) is 4.79 Å². The van der Waals surface area contributed by atoms with Gasteiger partial charge in [0.2, 0.25) is 0 Å². The second kappa shape index (κ2) is 5.60. The largest absolute Gasteiger partial charge is 0.480 e. The van der Waals surface area contributed by atoms with Crippen molar-refractivity contribution < 1.29 is 14.7 Å². The summed E-state index contributed by atoms with van der Waals surface area (Å²) in [7, 11) is 0. The van der Waals surface area contributed by atoms with Gasteiger partial charge in [-0.2, -0.15) is 0 Å². The number of nitrogens with zero attached hydrogens (tertiary/aromatic N) is 2. The van der Waals surface area contributed by atoms with Crippen LogP contribution in [0.1, 0.15) is 25.7 Å². The molecule has 3 aliphatic rings. The van der Waals surface area contributed by atoms with Crippen molar-refractivity contribution in [1.29, 1.82) is 0 Å². The molecule has 2 aliphatic carbocycles. The molecule has 2 N–H and O–H groups in total. The number of carboxylic acids is 1.